The number of hydrogen-bond acceptors (Lipinski definition) is 5. The van der Waals surface area contributed by atoms with Crippen LogP contribution in [-0.4, -0.2) is 16.4 Å². The Morgan fingerprint density at radius 1 is 0.625 bits per heavy atom. The zero-order valence-electron chi connectivity index (χ0n) is 20.8. The summed E-state index contributed by atoms with van der Waals surface area (Å²) in [7, 11) is 0. The number of aromatic nitrogens is 1. The lowest BCUT2D eigenvalue weighted by atomic mass is 9.87. The Labute approximate surface area is 227 Å². The molecule has 1 aliphatic carbocycles. The molecule has 2 N–H and O–H groups in total. The zero-order chi connectivity index (χ0) is 28.0. The monoisotopic (exact) mass is 521 g/mol. The van der Waals surface area contributed by atoms with Crippen LogP contribution in [-0.2, 0) is 0 Å². The van der Waals surface area contributed by atoms with Crippen LogP contribution in [0.4, 0.5) is 8.78 Å². The van der Waals surface area contributed by atoms with Gasteiger partial charge in [-0.3, -0.25) is 10.8 Å². The summed E-state index contributed by atoms with van der Waals surface area (Å²) in [4.78, 5) is 4.94. The van der Waals surface area contributed by atoms with E-state index in [0.717, 1.165) is 28.6 Å². The third-order valence-corrected chi connectivity index (χ3v) is 6.93. The van der Waals surface area contributed by atoms with Crippen molar-refractivity contribution in [3.8, 4) is 45.6 Å². The molecule has 0 unspecified atom stereocenters. The number of benzene rings is 4. The van der Waals surface area contributed by atoms with Crippen molar-refractivity contribution < 1.29 is 8.78 Å². The second-order valence-electron chi connectivity index (χ2n) is 9.30. The van der Waals surface area contributed by atoms with E-state index in [1.54, 1.807) is 54.6 Å². The van der Waals surface area contributed by atoms with Gasteiger partial charge < -0.3 is 0 Å². The van der Waals surface area contributed by atoms with E-state index in [1.165, 1.54) is 0 Å². The Morgan fingerprint density at radius 2 is 1.23 bits per heavy atom. The molecule has 0 saturated heterocycles. The first-order valence-electron chi connectivity index (χ1n) is 12.2. The zero-order valence-corrected chi connectivity index (χ0v) is 20.8. The second-order valence-corrected chi connectivity index (χ2v) is 9.30. The highest BCUT2D eigenvalue weighted by atomic mass is 19.1. The van der Waals surface area contributed by atoms with E-state index >= 15 is 0 Å². The quantitative estimate of drug-likeness (QED) is 0.254. The molecular weight excluding hydrogens is 504 g/mol. The molecule has 4 aromatic carbocycles. The van der Waals surface area contributed by atoms with Crippen molar-refractivity contribution in [2.75, 3.05) is 0 Å². The maximum Gasteiger partial charge on any atom is 0.135 e. The van der Waals surface area contributed by atoms with Crippen molar-refractivity contribution in [2.45, 2.75) is 0 Å². The summed E-state index contributed by atoms with van der Waals surface area (Å²) in [5.41, 5.74) is 5.64. The number of nitrogens with zero attached hydrogens (tertiary/aromatic N) is 3. The summed E-state index contributed by atoms with van der Waals surface area (Å²) < 4.78 is 29.3. The van der Waals surface area contributed by atoms with Crippen molar-refractivity contribution in [1.29, 1.82) is 21.3 Å². The lowest BCUT2D eigenvalue weighted by Gasteiger charge is -2.19. The van der Waals surface area contributed by atoms with Gasteiger partial charge in [-0.25, -0.2) is 13.8 Å². The van der Waals surface area contributed by atoms with Gasteiger partial charge in [0.15, 0.2) is 0 Å². The van der Waals surface area contributed by atoms with Gasteiger partial charge in [-0.2, -0.15) is 10.5 Å². The number of fused-ring (bicyclic) bond motifs is 3. The molecule has 1 heterocycles. The largest absolute Gasteiger partial charge is 0.299 e. The third-order valence-electron chi connectivity index (χ3n) is 6.93. The number of allylic oxidation sites excluding steroid dienone is 1. The van der Waals surface area contributed by atoms with Crippen LogP contribution in [0.15, 0.2) is 84.9 Å². The predicted molar refractivity (Wildman–Crippen MR) is 151 cm³/mol. The highest BCUT2D eigenvalue weighted by molar-refractivity contribution is 6.54. The molecule has 5 nitrogen and oxygen atoms in total. The van der Waals surface area contributed by atoms with E-state index in [4.69, 9.17) is 26.3 Å². The summed E-state index contributed by atoms with van der Waals surface area (Å²) in [6.07, 6.45) is 3.32. The van der Waals surface area contributed by atoms with Crippen LogP contribution in [0.25, 0.3) is 50.5 Å². The van der Waals surface area contributed by atoms with Crippen molar-refractivity contribution in [2.24, 2.45) is 0 Å². The highest BCUT2D eigenvalue weighted by Crippen LogP contribution is 2.37. The van der Waals surface area contributed by atoms with Crippen LogP contribution in [0.1, 0.15) is 22.3 Å². The van der Waals surface area contributed by atoms with E-state index < -0.39 is 11.6 Å². The summed E-state index contributed by atoms with van der Waals surface area (Å²) in [6.45, 7) is 0. The standard InChI is InChI=1S/C33H17F2N5/c34-26-13-19(17-37)14-27(35)30(26)21-5-7-22(8-6-21)33-25-11-12-28(38)32(39)31(25)24-10-9-23(15-29(24)40-33)20-3-1-18(16-36)2-4-20/h1-15,38-39H. The number of nitrogens with one attached hydrogen (secondary N) is 2. The molecule has 7 heteroatoms. The molecule has 1 aliphatic rings. The third kappa shape index (κ3) is 4.03. The lowest BCUT2D eigenvalue weighted by Crippen LogP contribution is -2.17. The van der Waals surface area contributed by atoms with Crippen LogP contribution < -0.4 is 0 Å². The van der Waals surface area contributed by atoms with Gasteiger partial charge in [-0.15, -0.1) is 0 Å². The van der Waals surface area contributed by atoms with Gasteiger partial charge in [0.05, 0.1) is 51.5 Å². The minimum absolute atomic E-state index is 0.0793. The first kappa shape index (κ1) is 24.5. The van der Waals surface area contributed by atoms with Gasteiger partial charge in [-0.05, 0) is 59.2 Å². The normalized spacial score (nSPS) is 12.2. The number of nitriles is 2. The summed E-state index contributed by atoms with van der Waals surface area (Å²) in [5, 5.41) is 35.7. The Kier molecular flexibility index (Phi) is 5.83. The van der Waals surface area contributed by atoms with Gasteiger partial charge >= 0.3 is 0 Å². The smallest absolute Gasteiger partial charge is 0.135 e. The molecule has 0 fully saturated rings. The van der Waals surface area contributed by atoms with Crippen molar-refractivity contribution in [3.63, 3.8) is 0 Å². The number of hydrogen-bond donors (Lipinski definition) is 2. The lowest BCUT2D eigenvalue weighted by molar-refractivity contribution is 0.589. The van der Waals surface area contributed by atoms with Crippen LogP contribution >= 0.6 is 0 Å². The van der Waals surface area contributed by atoms with Gasteiger partial charge in [0.25, 0.3) is 0 Å². The fourth-order valence-corrected chi connectivity index (χ4v) is 4.94. The fourth-order valence-electron chi connectivity index (χ4n) is 4.94. The van der Waals surface area contributed by atoms with Gasteiger partial charge in [-0.1, -0.05) is 48.5 Å². The molecule has 5 aromatic rings. The van der Waals surface area contributed by atoms with Gasteiger partial charge in [0, 0.05) is 22.1 Å². The predicted octanol–water partition coefficient (Wildman–Crippen LogP) is 7.67. The average Bonchev–Trinajstić information content (AvgIpc) is 2.98. The molecule has 0 spiro atoms. The minimum atomic E-state index is -0.823. The Balaban J connectivity index is 1.51. The molecule has 0 amide bonds. The summed E-state index contributed by atoms with van der Waals surface area (Å²) >= 11 is 0. The van der Waals surface area contributed by atoms with E-state index in [0.29, 0.717) is 39.0 Å². The van der Waals surface area contributed by atoms with Crippen LogP contribution in [0, 0.1) is 45.1 Å². The van der Waals surface area contributed by atoms with Gasteiger partial charge in [0.1, 0.15) is 11.6 Å². The number of rotatable bonds is 3. The van der Waals surface area contributed by atoms with E-state index in [1.807, 2.05) is 30.3 Å². The van der Waals surface area contributed by atoms with Crippen LogP contribution in [0.3, 0.4) is 0 Å². The maximum atomic E-state index is 14.6. The molecule has 0 saturated carbocycles. The fraction of sp³-hybridized carbons (Fsp3) is 0. The number of halogens is 2. The maximum absolute atomic E-state index is 14.6. The van der Waals surface area contributed by atoms with Crippen molar-refractivity contribution in [3.05, 3.63) is 119 Å². The average molecular weight is 522 g/mol. The first-order chi connectivity index (χ1) is 19.4. The molecule has 0 radical (unpaired) electrons. The molecule has 1 aromatic heterocycles. The van der Waals surface area contributed by atoms with Gasteiger partial charge in [0.2, 0.25) is 0 Å². The molecule has 0 atom stereocenters. The second kappa shape index (κ2) is 9.50. The Morgan fingerprint density at radius 3 is 1.88 bits per heavy atom. The van der Waals surface area contributed by atoms with Crippen LogP contribution in [0.2, 0.25) is 0 Å². The number of pyridine rings is 1. The van der Waals surface area contributed by atoms with E-state index in [9.17, 15) is 8.78 Å². The molecule has 0 aliphatic heterocycles. The first-order valence-corrected chi connectivity index (χ1v) is 12.2. The molecular formula is C33H17F2N5. The molecule has 0 bridgehead atoms. The van der Waals surface area contributed by atoms with Crippen molar-refractivity contribution >= 4 is 28.4 Å². The Hall–Kier alpha value is -5.79. The topological polar surface area (TPSA) is 108 Å². The Bertz CT molecular complexity index is 1990. The summed E-state index contributed by atoms with van der Waals surface area (Å²) in [5.74, 6) is -1.65. The van der Waals surface area contributed by atoms with Crippen molar-refractivity contribution in [1.82, 2.24) is 4.98 Å². The van der Waals surface area contributed by atoms with E-state index in [-0.39, 0.29) is 22.6 Å². The molecule has 6 rings (SSSR count). The summed E-state index contributed by atoms with van der Waals surface area (Å²) in [6, 6.07) is 25.4. The minimum Gasteiger partial charge on any atom is -0.299 e. The van der Waals surface area contributed by atoms with Crippen LogP contribution in [0.5, 0.6) is 0 Å². The highest BCUT2D eigenvalue weighted by Gasteiger charge is 2.23. The van der Waals surface area contributed by atoms with E-state index in [2.05, 4.69) is 6.07 Å². The SMILES string of the molecule is N#Cc1ccc(-c2ccc3c4c(c(-c5ccc(-c6c(F)cc(C#N)cc6F)cc5)nc3c2)C=CC(=N)C4=N)cc1. The molecule has 40 heavy (non-hydrogen) atoms. The molecule has 188 valence electrons.